The third-order valence-corrected chi connectivity index (χ3v) is 8.18. The van der Waals surface area contributed by atoms with Crippen LogP contribution in [0.4, 0.5) is 0 Å². The zero-order chi connectivity index (χ0) is 22.7. The average molecular weight is 445 g/mol. The van der Waals surface area contributed by atoms with Crippen LogP contribution in [0.1, 0.15) is 22.3 Å². The molecule has 5 aromatic carbocycles. The molecule has 0 unspecified atom stereocenters. The maximum atomic E-state index is 5.18. The molecule has 0 fully saturated rings. The van der Waals surface area contributed by atoms with Gasteiger partial charge < -0.3 is 0 Å². The Labute approximate surface area is 202 Å². The molecule has 35 heavy (non-hydrogen) atoms. The van der Waals surface area contributed by atoms with Crippen molar-refractivity contribution in [3.05, 3.63) is 119 Å². The molecular weight excluding hydrogens is 424 g/mol. The van der Waals surface area contributed by atoms with E-state index in [1.54, 1.807) is 0 Å². The molecule has 0 saturated carbocycles. The van der Waals surface area contributed by atoms with E-state index in [0.29, 0.717) is 0 Å². The number of rotatable bonds is 0. The summed E-state index contributed by atoms with van der Waals surface area (Å²) in [5.74, 6) is 0. The maximum absolute atomic E-state index is 5.18. The first kappa shape index (κ1) is 18.0. The third kappa shape index (κ3) is 2.18. The Morgan fingerprint density at radius 1 is 0.543 bits per heavy atom. The molecule has 9 rings (SSSR count). The monoisotopic (exact) mass is 444 g/mol. The van der Waals surface area contributed by atoms with E-state index in [9.17, 15) is 0 Å². The van der Waals surface area contributed by atoms with Gasteiger partial charge in [-0.25, -0.2) is 4.98 Å². The highest BCUT2D eigenvalue weighted by Crippen LogP contribution is 2.47. The fourth-order valence-electron chi connectivity index (χ4n) is 6.70. The van der Waals surface area contributed by atoms with Crippen LogP contribution in [0.5, 0.6) is 0 Å². The van der Waals surface area contributed by atoms with Crippen molar-refractivity contribution < 1.29 is 0 Å². The molecule has 0 spiro atoms. The van der Waals surface area contributed by atoms with Crippen LogP contribution < -0.4 is 0 Å². The molecule has 0 atom stereocenters. The molecule has 0 bridgehead atoms. The summed E-state index contributed by atoms with van der Waals surface area (Å²) in [7, 11) is 0. The second-order valence-corrected chi connectivity index (χ2v) is 9.98. The molecule has 0 aliphatic heterocycles. The number of benzene rings is 5. The van der Waals surface area contributed by atoms with Gasteiger partial charge in [-0.3, -0.25) is 4.40 Å². The lowest BCUT2D eigenvalue weighted by Crippen LogP contribution is -1.95. The first-order valence-electron chi connectivity index (χ1n) is 12.3. The largest absolute Gasteiger partial charge is 0.292 e. The number of pyridine rings is 1. The Hall–Kier alpha value is -4.43. The lowest BCUT2D eigenvalue weighted by atomic mass is 9.93. The number of fused-ring (bicyclic) bond motifs is 15. The van der Waals surface area contributed by atoms with Gasteiger partial charge in [0.25, 0.3) is 0 Å². The van der Waals surface area contributed by atoms with Gasteiger partial charge in [0.15, 0.2) is 0 Å². The van der Waals surface area contributed by atoms with Crippen LogP contribution in [0, 0.1) is 0 Å². The van der Waals surface area contributed by atoms with Crippen LogP contribution in [0.15, 0.2) is 97.1 Å². The van der Waals surface area contributed by atoms with Crippen LogP contribution in [0.25, 0.3) is 60.6 Å². The molecule has 0 saturated heterocycles. The van der Waals surface area contributed by atoms with E-state index in [-0.39, 0.29) is 0 Å². The SMILES string of the molecule is c1ccc2c(c1)Cc1cc3c(cc1-2)c1nc2ccccc2n1c1ccc2c(c31)-c1ccccc1C2. The standard InChI is InChI=1S/C33H20N2/c1-3-9-23-19(7-1)16-22-17-26-27(18-25(22)23)33-34-28-11-5-6-12-29(28)35(33)30-14-13-21-15-20-8-2-4-10-24(20)31(21)32(26)30/h1-14,17-18H,15-16H2. The lowest BCUT2D eigenvalue weighted by molar-refractivity contribution is 1.26. The predicted molar refractivity (Wildman–Crippen MR) is 144 cm³/mol. The van der Waals surface area contributed by atoms with Gasteiger partial charge in [-0.15, -0.1) is 0 Å². The second kappa shape index (κ2) is 6.17. The molecule has 0 amide bonds. The summed E-state index contributed by atoms with van der Waals surface area (Å²) >= 11 is 0. The van der Waals surface area contributed by atoms with Gasteiger partial charge in [-0.1, -0.05) is 66.7 Å². The molecular formula is C33H20N2. The molecule has 2 heteroatoms. The van der Waals surface area contributed by atoms with E-state index in [0.717, 1.165) is 24.0 Å². The summed E-state index contributed by atoms with van der Waals surface area (Å²) in [6.07, 6.45) is 2.00. The van der Waals surface area contributed by atoms with Crippen LogP contribution >= 0.6 is 0 Å². The number of hydrogen-bond donors (Lipinski definition) is 0. The Kier molecular flexibility index (Phi) is 3.16. The van der Waals surface area contributed by atoms with Crippen molar-refractivity contribution in [3.63, 3.8) is 0 Å². The van der Waals surface area contributed by atoms with Gasteiger partial charge in [0, 0.05) is 10.8 Å². The Morgan fingerprint density at radius 3 is 2.20 bits per heavy atom. The van der Waals surface area contributed by atoms with Crippen molar-refractivity contribution in [1.82, 2.24) is 9.38 Å². The smallest absolute Gasteiger partial charge is 0.146 e. The van der Waals surface area contributed by atoms with Crippen molar-refractivity contribution in [3.8, 4) is 22.3 Å². The fourth-order valence-corrected chi connectivity index (χ4v) is 6.70. The number of imidazole rings is 1. The maximum Gasteiger partial charge on any atom is 0.146 e. The van der Waals surface area contributed by atoms with Gasteiger partial charge in [-0.05, 0) is 93.1 Å². The summed E-state index contributed by atoms with van der Waals surface area (Å²) < 4.78 is 2.39. The highest BCUT2D eigenvalue weighted by atomic mass is 15.0. The molecule has 7 aromatic rings. The zero-order valence-corrected chi connectivity index (χ0v) is 19.0. The quantitative estimate of drug-likeness (QED) is 0.217. The van der Waals surface area contributed by atoms with E-state index in [1.165, 1.54) is 71.7 Å². The van der Waals surface area contributed by atoms with Gasteiger partial charge in [0.2, 0.25) is 0 Å². The highest BCUT2D eigenvalue weighted by Gasteiger charge is 2.26. The first-order valence-corrected chi connectivity index (χ1v) is 12.3. The summed E-state index contributed by atoms with van der Waals surface area (Å²) in [4.78, 5) is 5.18. The van der Waals surface area contributed by atoms with Crippen molar-refractivity contribution in [2.45, 2.75) is 12.8 Å². The van der Waals surface area contributed by atoms with E-state index >= 15 is 0 Å². The van der Waals surface area contributed by atoms with Crippen molar-refractivity contribution in [2.75, 3.05) is 0 Å². The number of aromatic nitrogens is 2. The average Bonchev–Trinajstić information content (AvgIpc) is 3.58. The first-order chi connectivity index (χ1) is 17.3. The molecule has 2 nitrogen and oxygen atoms in total. The van der Waals surface area contributed by atoms with E-state index in [4.69, 9.17) is 4.98 Å². The van der Waals surface area contributed by atoms with Gasteiger partial charge >= 0.3 is 0 Å². The minimum absolute atomic E-state index is 0.996. The van der Waals surface area contributed by atoms with E-state index in [1.807, 2.05) is 0 Å². The molecule has 2 heterocycles. The van der Waals surface area contributed by atoms with E-state index in [2.05, 4.69) is 101 Å². The van der Waals surface area contributed by atoms with Crippen LogP contribution in [-0.2, 0) is 12.8 Å². The number of para-hydroxylation sites is 2. The molecule has 2 aromatic heterocycles. The number of hydrogen-bond acceptors (Lipinski definition) is 1. The molecule has 0 N–H and O–H groups in total. The van der Waals surface area contributed by atoms with Crippen LogP contribution in [0.2, 0.25) is 0 Å². The molecule has 2 aliphatic carbocycles. The Bertz CT molecular complexity index is 2060. The normalized spacial score (nSPS) is 13.5. The Morgan fingerprint density at radius 2 is 1.29 bits per heavy atom. The molecule has 0 radical (unpaired) electrons. The minimum Gasteiger partial charge on any atom is -0.292 e. The zero-order valence-electron chi connectivity index (χ0n) is 19.0. The van der Waals surface area contributed by atoms with Crippen molar-refractivity contribution in [1.29, 1.82) is 0 Å². The topological polar surface area (TPSA) is 17.3 Å². The van der Waals surface area contributed by atoms with Crippen molar-refractivity contribution in [2.24, 2.45) is 0 Å². The van der Waals surface area contributed by atoms with Gasteiger partial charge in [0.1, 0.15) is 5.65 Å². The fraction of sp³-hybridized carbons (Fsp3) is 0.0606. The minimum atomic E-state index is 0.996. The number of nitrogens with zero attached hydrogens (tertiary/aromatic N) is 2. The third-order valence-electron chi connectivity index (χ3n) is 8.18. The second-order valence-electron chi connectivity index (χ2n) is 9.98. The summed E-state index contributed by atoms with van der Waals surface area (Å²) in [6, 6.07) is 35.8. The predicted octanol–water partition coefficient (Wildman–Crippen LogP) is 7.94. The molecule has 2 aliphatic rings. The van der Waals surface area contributed by atoms with Crippen molar-refractivity contribution >= 4 is 38.4 Å². The highest BCUT2D eigenvalue weighted by molar-refractivity contribution is 6.20. The molecule has 162 valence electrons. The van der Waals surface area contributed by atoms with Gasteiger partial charge in [0.05, 0.1) is 16.6 Å². The van der Waals surface area contributed by atoms with E-state index < -0.39 is 0 Å². The van der Waals surface area contributed by atoms with Gasteiger partial charge in [-0.2, -0.15) is 0 Å². The summed E-state index contributed by atoms with van der Waals surface area (Å²) in [6.45, 7) is 0. The lowest BCUT2D eigenvalue weighted by Gasteiger charge is -2.15. The summed E-state index contributed by atoms with van der Waals surface area (Å²) in [5.41, 5.74) is 15.7. The Balaban J connectivity index is 1.55. The summed E-state index contributed by atoms with van der Waals surface area (Å²) in [5, 5.41) is 3.92. The van der Waals surface area contributed by atoms with Crippen LogP contribution in [0.3, 0.4) is 0 Å². The van der Waals surface area contributed by atoms with Crippen LogP contribution in [-0.4, -0.2) is 9.38 Å².